The van der Waals surface area contributed by atoms with Crippen LogP contribution >= 0.6 is 11.3 Å². The molecular weight excluding hydrogens is 365 g/mol. The first kappa shape index (κ1) is 17.7. The number of hydrogen-bond donors (Lipinski definition) is 0. The Morgan fingerprint density at radius 2 is 2.07 bits per heavy atom. The molecule has 0 spiro atoms. The molecule has 1 aromatic heterocycles. The van der Waals surface area contributed by atoms with Crippen molar-refractivity contribution in [3.05, 3.63) is 58.7 Å². The fourth-order valence-electron chi connectivity index (χ4n) is 3.01. The zero-order valence-electron chi connectivity index (χ0n) is 15.1. The molecule has 3 aromatic rings. The van der Waals surface area contributed by atoms with Gasteiger partial charge in [-0.2, -0.15) is 0 Å². The number of thiazole rings is 1. The van der Waals surface area contributed by atoms with E-state index < -0.39 is 5.82 Å². The Hall–Kier alpha value is -2.73. The zero-order valence-corrected chi connectivity index (χ0v) is 15.9. The van der Waals surface area contributed by atoms with Gasteiger partial charge in [0.25, 0.3) is 0 Å². The van der Waals surface area contributed by atoms with Gasteiger partial charge in [-0.1, -0.05) is 6.08 Å². The van der Waals surface area contributed by atoms with Crippen molar-refractivity contribution >= 4 is 33.7 Å². The summed E-state index contributed by atoms with van der Waals surface area (Å²) in [6.07, 6.45) is 4.01. The minimum absolute atomic E-state index is 0. The number of allylic oxidation sites excluding steroid dienone is 2. The molecule has 0 bridgehead atoms. The summed E-state index contributed by atoms with van der Waals surface area (Å²) in [5.41, 5.74) is 3.56. The molecule has 0 amide bonds. The second kappa shape index (κ2) is 6.78. The number of carbonyl (C=O) groups is 1. The SMILES string of the molecule is CCOC(=O)c1sc(-c2cc(C3=C[CH]3)c3cc(OC)c(F)cc3c2)nc1C.[HH]. The van der Waals surface area contributed by atoms with Gasteiger partial charge in [-0.25, -0.2) is 14.2 Å². The molecule has 0 N–H and O–H groups in total. The lowest BCUT2D eigenvalue weighted by atomic mass is 9.98. The zero-order chi connectivity index (χ0) is 19.1. The summed E-state index contributed by atoms with van der Waals surface area (Å²) in [6, 6.07) is 7.09. The topological polar surface area (TPSA) is 48.4 Å². The highest BCUT2D eigenvalue weighted by molar-refractivity contribution is 7.17. The minimum Gasteiger partial charge on any atom is -0.494 e. The number of benzene rings is 2. The van der Waals surface area contributed by atoms with E-state index in [1.165, 1.54) is 24.5 Å². The highest BCUT2D eigenvalue weighted by atomic mass is 32.1. The molecule has 4 nitrogen and oxygen atoms in total. The fraction of sp³-hybridized carbons (Fsp3) is 0.190. The normalized spacial score (nSPS) is 12.8. The fourth-order valence-corrected chi connectivity index (χ4v) is 3.96. The Labute approximate surface area is 161 Å². The van der Waals surface area contributed by atoms with Crippen LogP contribution < -0.4 is 4.74 Å². The summed E-state index contributed by atoms with van der Waals surface area (Å²) in [5.74, 6) is -0.564. The predicted molar refractivity (Wildman–Crippen MR) is 107 cm³/mol. The molecule has 0 unspecified atom stereocenters. The molecule has 6 heteroatoms. The summed E-state index contributed by atoms with van der Waals surface area (Å²) >= 11 is 1.29. The number of nitrogens with zero attached hydrogens (tertiary/aromatic N) is 1. The first-order valence-electron chi connectivity index (χ1n) is 8.53. The molecule has 2 aromatic carbocycles. The van der Waals surface area contributed by atoms with Crippen molar-refractivity contribution in [3.63, 3.8) is 0 Å². The second-order valence-electron chi connectivity index (χ2n) is 6.17. The molecular formula is C21H19FNO3S. The molecule has 0 saturated carbocycles. The summed E-state index contributed by atoms with van der Waals surface area (Å²) in [7, 11) is 1.45. The van der Waals surface area contributed by atoms with Crippen LogP contribution in [0.1, 0.15) is 29.3 Å². The van der Waals surface area contributed by atoms with E-state index in [1.54, 1.807) is 19.9 Å². The van der Waals surface area contributed by atoms with Crippen LogP contribution in [0.4, 0.5) is 4.39 Å². The Morgan fingerprint density at radius 3 is 2.74 bits per heavy atom. The highest BCUT2D eigenvalue weighted by Crippen LogP contribution is 2.40. The van der Waals surface area contributed by atoms with Gasteiger partial charge in [-0.15, -0.1) is 11.3 Å². The number of halogens is 1. The van der Waals surface area contributed by atoms with Crippen LogP contribution in [0, 0.1) is 19.2 Å². The average Bonchev–Trinajstić information content (AvgIpc) is 3.41. The van der Waals surface area contributed by atoms with Gasteiger partial charge >= 0.3 is 5.97 Å². The molecule has 27 heavy (non-hydrogen) atoms. The van der Waals surface area contributed by atoms with Crippen LogP contribution in [-0.2, 0) is 4.74 Å². The number of hydrogen-bond acceptors (Lipinski definition) is 5. The molecule has 1 aliphatic carbocycles. The molecule has 1 heterocycles. The number of carbonyl (C=O) groups excluding carboxylic acids is 1. The van der Waals surface area contributed by atoms with E-state index in [2.05, 4.69) is 4.98 Å². The van der Waals surface area contributed by atoms with Gasteiger partial charge in [-0.3, -0.25) is 0 Å². The van der Waals surface area contributed by atoms with E-state index in [0.717, 1.165) is 27.5 Å². The minimum atomic E-state index is -0.413. The smallest absolute Gasteiger partial charge is 0.350 e. The van der Waals surface area contributed by atoms with E-state index in [-0.39, 0.29) is 13.1 Å². The molecule has 0 aliphatic heterocycles. The van der Waals surface area contributed by atoms with Gasteiger partial charge in [0, 0.05) is 13.4 Å². The van der Waals surface area contributed by atoms with Crippen molar-refractivity contribution in [2.24, 2.45) is 0 Å². The number of ether oxygens (including phenoxy) is 2. The van der Waals surface area contributed by atoms with E-state index in [4.69, 9.17) is 9.47 Å². The van der Waals surface area contributed by atoms with Gasteiger partial charge in [-0.05, 0) is 60.0 Å². The Balaban J connectivity index is 0.00000225. The van der Waals surface area contributed by atoms with Crippen molar-refractivity contribution in [2.75, 3.05) is 13.7 Å². The second-order valence-corrected chi connectivity index (χ2v) is 7.17. The largest absolute Gasteiger partial charge is 0.494 e. The lowest BCUT2D eigenvalue weighted by molar-refractivity contribution is 0.0531. The van der Waals surface area contributed by atoms with Crippen LogP contribution in [0.25, 0.3) is 26.9 Å². The third-order valence-electron chi connectivity index (χ3n) is 4.37. The van der Waals surface area contributed by atoms with Crippen molar-refractivity contribution in [1.29, 1.82) is 0 Å². The lowest BCUT2D eigenvalue weighted by Crippen LogP contribution is -2.03. The summed E-state index contributed by atoms with van der Waals surface area (Å²) < 4.78 is 24.5. The molecule has 0 atom stereocenters. The van der Waals surface area contributed by atoms with Crippen LogP contribution in [0.15, 0.2) is 30.3 Å². The Bertz CT molecular complexity index is 1110. The summed E-state index contributed by atoms with van der Waals surface area (Å²) in [6.45, 7) is 3.88. The first-order valence-corrected chi connectivity index (χ1v) is 9.35. The van der Waals surface area contributed by atoms with Crippen LogP contribution in [-0.4, -0.2) is 24.7 Å². The van der Waals surface area contributed by atoms with Crippen molar-refractivity contribution in [3.8, 4) is 16.3 Å². The number of rotatable bonds is 5. The third kappa shape index (κ3) is 3.21. The maximum atomic E-state index is 14.2. The lowest BCUT2D eigenvalue weighted by Gasteiger charge is -2.10. The van der Waals surface area contributed by atoms with Crippen LogP contribution in [0.3, 0.4) is 0 Å². The quantitative estimate of drug-likeness (QED) is 0.549. The van der Waals surface area contributed by atoms with E-state index in [9.17, 15) is 9.18 Å². The van der Waals surface area contributed by atoms with E-state index >= 15 is 0 Å². The molecule has 1 radical (unpaired) electrons. The van der Waals surface area contributed by atoms with Crippen molar-refractivity contribution < 1.29 is 20.1 Å². The summed E-state index contributed by atoms with van der Waals surface area (Å²) in [4.78, 5) is 17.1. The van der Waals surface area contributed by atoms with Gasteiger partial charge in [0.05, 0.1) is 19.4 Å². The number of fused-ring (bicyclic) bond motifs is 1. The number of aromatic nitrogens is 1. The number of aryl methyl sites for hydroxylation is 1. The molecule has 139 valence electrons. The average molecular weight is 384 g/mol. The monoisotopic (exact) mass is 384 g/mol. The maximum Gasteiger partial charge on any atom is 0.350 e. The highest BCUT2D eigenvalue weighted by Gasteiger charge is 2.21. The van der Waals surface area contributed by atoms with Crippen molar-refractivity contribution in [1.82, 2.24) is 4.98 Å². The van der Waals surface area contributed by atoms with Gasteiger partial charge in [0.15, 0.2) is 11.6 Å². The number of methoxy groups -OCH3 is 1. The van der Waals surface area contributed by atoms with Gasteiger partial charge in [0.2, 0.25) is 0 Å². The van der Waals surface area contributed by atoms with Crippen LogP contribution in [0.2, 0.25) is 0 Å². The molecule has 4 rings (SSSR count). The standard InChI is InChI=1S/C21H17FNO3S.H2/c1-4-26-21(24)19-11(2)23-20(27-19)14-7-13-9-17(22)18(25-3)10-16(13)15(8-14)12-5-6-12;/h5-10H,4H2,1-3H3;1H. The first-order chi connectivity index (χ1) is 13.0. The van der Waals surface area contributed by atoms with E-state index in [1.807, 2.05) is 24.6 Å². The molecule has 1 aliphatic rings. The maximum absolute atomic E-state index is 14.2. The Morgan fingerprint density at radius 1 is 1.30 bits per heavy atom. The van der Waals surface area contributed by atoms with Crippen molar-refractivity contribution in [2.45, 2.75) is 13.8 Å². The van der Waals surface area contributed by atoms with Crippen LogP contribution in [0.5, 0.6) is 5.75 Å². The summed E-state index contributed by atoms with van der Waals surface area (Å²) in [5, 5.41) is 2.37. The molecule has 0 saturated heterocycles. The van der Waals surface area contributed by atoms with E-state index in [0.29, 0.717) is 22.2 Å². The third-order valence-corrected chi connectivity index (χ3v) is 5.56. The predicted octanol–water partition coefficient (Wildman–Crippen LogP) is 5.44. The number of esters is 1. The van der Waals surface area contributed by atoms with Gasteiger partial charge < -0.3 is 9.47 Å². The van der Waals surface area contributed by atoms with Gasteiger partial charge in [0.1, 0.15) is 9.88 Å². The Kier molecular flexibility index (Phi) is 4.44. The molecule has 0 fully saturated rings.